The molecule has 0 aliphatic carbocycles. The van der Waals surface area contributed by atoms with Gasteiger partial charge in [0.15, 0.2) is 0 Å². The van der Waals surface area contributed by atoms with Gasteiger partial charge >= 0.3 is 0 Å². The van der Waals surface area contributed by atoms with E-state index in [9.17, 15) is 14.4 Å². The number of piperazine rings is 1. The van der Waals surface area contributed by atoms with Gasteiger partial charge in [-0.1, -0.05) is 17.7 Å². The third-order valence-electron chi connectivity index (χ3n) is 4.28. The summed E-state index contributed by atoms with van der Waals surface area (Å²) in [6, 6.07) is 5.40. The molecule has 0 spiro atoms. The fraction of sp³-hybridized carbons (Fsp3) is 0.471. The number of hydrogen-bond donors (Lipinski definition) is 0. The van der Waals surface area contributed by atoms with E-state index in [1.54, 1.807) is 26.8 Å². The van der Waals surface area contributed by atoms with Gasteiger partial charge in [0.1, 0.15) is 0 Å². The average molecular weight is 352 g/mol. The Labute approximate surface area is 147 Å². The van der Waals surface area contributed by atoms with Gasteiger partial charge in [-0.25, -0.2) is 0 Å². The predicted octanol–water partition coefficient (Wildman–Crippen LogP) is 1.69. The number of halogens is 1. The highest BCUT2D eigenvalue weighted by Gasteiger charge is 2.22. The Balaban J connectivity index is 1.99. The molecule has 1 aliphatic rings. The summed E-state index contributed by atoms with van der Waals surface area (Å²) in [5, 5.41) is 0.593. The molecule has 1 aromatic rings. The van der Waals surface area contributed by atoms with Crippen molar-refractivity contribution in [2.45, 2.75) is 20.3 Å². The van der Waals surface area contributed by atoms with Crippen LogP contribution < -0.4 is 4.90 Å². The summed E-state index contributed by atoms with van der Waals surface area (Å²) >= 11 is 6.13. The van der Waals surface area contributed by atoms with Crippen molar-refractivity contribution in [3.63, 3.8) is 0 Å². The Morgan fingerprint density at radius 3 is 2.50 bits per heavy atom. The summed E-state index contributed by atoms with van der Waals surface area (Å²) in [6.45, 7) is 5.82. The number of anilines is 1. The lowest BCUT2D eigenvalue weighted by Crippen LogP contribution is -2.48. The van der Waals surface area contributed by atoms with E-state index in [2.05, 4.69) is 0 Å². The predicted molar refractivity (Wildman–Crippen MR) is 93.1 cm³/mol. The summed E-state index contributed by atoms with van der Waals surface area (Å²) in [4.78, 5) is 40.0. The second-order valence-corrected chi connectivity index (χ2v) is 6.23. The van der Waals surface area contributed by atoms with Gasteiger partial charge in [0.2, 0.25) is 18.2 Å². The molecule has 6 nitrogen and oxygen atoms in total. The number of carbonyl (C=O) groups is 3. The van der Waals surface area contributed by atoms with Crippen LogP contribution in [0.3, 0.4) is 0 Å². The Kier molecular flexibility index (Phi) is 6.20. The standard InChI is InChI=1S/C17H22ClN3O3/c1-13-15(18)4-3-5-16(13)21(14(2)23)7-6-17(24)20-10-8-19(12-22)9-11-20/h3-5,12H,6-11H2,1-2H3. The molecule has 2 rings (SSSR count). The SMILES string of the molecule is CC(=O)N(CCC(=O)N1CCN(C=O)CC1)c1cccc(Cl)c1C. The quantitative estimate of drug-likeness (QED) is 0.758. The van der Waals surface area contributed by atoms with Gasteiger partial charge in [0.25, 0.3) is 0 Å². The first-order valence-electron chi connectivity index (χ1n) is 7.94. The van der Waals surface area contributed by atoms with Crippen LogP contribution in [0.4, 0.5) is 5.69 Å². The molecule has 0 atom stereocenters. The lowest BCUT2D eigenvalue weighted by atomic mass is 10.1. The highest BCUT2D eigenvalue weighted by molar-refractivity contribution is 6.31. The molecule has 0 N–H and O–H groups in total. The number of nitrogens with zero attached hydrogens (tertiary/aromatic N) is 3. The van der Waals surface area contributed by atoms with E-state index in [0.717, 1.165) is 17.7 Å². The maximum absolute atomic E-state index is 12.4. The zero-order valence-electron chi connectivity index (χ0n) is 14.0. The molecule has 3 amide bonds. The fourth-order valence-corrected chi connectivity index (χ4v) is 2.95. The van der Waals surface area contributed by atoms with Gasteiger partial charge in [0, 0.05) is 56.8 Å². The highest BCUT2D eigenvalue weighted by atomic mass is 35.5. The van der Waals surface area contributed by atoms with Crippen LogP contribution in [0.5, 0.6) is 0 Å². The average Bonchev–Trinajstić information content (AvgIpc) is 2.58. The first kappa shape index (κ1) is 18.3. The van der Waals surface area contributed by atoms with Crippen LogP contribution in [0.15, 0.2) is 18.2 Å². The van der Waals surface area contributed by atoms with Crippen LogP contribution in [-0.4, -0.2) is 60.7 Å². The van der Waals surface area contributed by atoms with Crippen LogP contribution in [0, 0.1) is 6.92 Å². The molecule has 1 aliphatic heterocycles. The molecule has 0 unspecified atom stereocenters. The summed E-state index contributed by atoms with van der Waals surface area (Å²) in [5.41, 5.74) is 1.55. The van der Waals surface area contributed by atoms with E-state index in [1.165, 1.54) is 6.92 Å². The second kappa shape index (κ2) is 8.15. The van der Waals surface area contributed by atoms with Gasteiger partial charge in [-0.3, -0.25) is 14.4 Å². The Morgan fingerprint density at radius 1 is 1.25 bits per heavy atom. The third-order valence-corrected chi connectivity index (χ3v) is 4.68. The zero-order chi connectivity index (χ0) is 17.7. The Hall–Kier alpha value is -2.08. The lowest BCUT2D eigenvalue weighted by molar-refractivity contribution is -0.135. The van der Waals surface area contributed by atoms with Gasteiger partial charge < -0.3 is 14.7 Å². The van der Waals surface area contributed by atoms with E-state index in [4.69, 9.17) is 11.6 Å². The van der Waals surface area contributed by atoms with Crippen molar-refractivity contribution in [3.8, 4) is 0 Å². The van der Waals surface area contributed by atoms with Crippen LogP contribution in [0.1, 0.15) is 18.9 Å². The van der Waals surface area contributed by atoms with Crippen LogP contribution >= 0.6 is 11.6 Å². The minimum Gasteiger partial charge on any atom is -0.342 e. The molecule has 0 radical (unpaired) electrons. The van der Waals surface area contributed by atoms with Crippen molar-refractivity contribution in [1.82, 2.24) is 9.80 Å². The number of amides is 3. The zero-order valence-corrected chi connectivity index (χ0v) is 14.8. The van der Waals surface area contributed by atoms with E-state index in [-0.39, 0.29) is 18.2 Å². The third kappa shape index (κ3) is 4.26. The summed E-state index contributed by atoms with van der Waals surface area (Å²) in [5.74, 6) is -0.134. The monoisotopic (exact) mass is 351 g/mol. The van der Waals surface area contributed by atoms with Crippen molar-refractivity contribution < 1.29 is 14.4 Å². The van der Waals surface area contributed by atoms with Gasteiger partial charge in [-0.05, 0) is 24.6 Å². The maximum atomic E-state index is 12.4. The van der Waals surface area contributed by atoms with Crippen molar-refractivity contribution >= 4 is 35.5 Å². The van der Waals surface area contributed by atoms with Gasteiger partial charge in [-0.2, -0.15) is 0 Å². The van der Waals surface area contributed by atoms with Gasteiger partial charge in [0.05, 0.1) is 0 Å². The minimum atomic E-state index is -0.126. The molecule has 1 heterocycles. The fourth-order valence-electron chi connectivity index (χ4n) is 2.78. The Bertz CT molecular complexity index is 628. The molecule has 7 heteroatoms. The van der Waals surface area contributed by atoms with Crippen molar-refractivity contribution in [1.29, 1.82) is 0 Å². The van der Waals surface area contributed by atoms with E-state index >= 15 is 0 Å². The van der Waals surface area contributed by atoms with Crippen molar-refractivity contribution in [2.75, 3.05) is 37.6 Å². The molecule has 24 heavy (non-hydrogen) atoms. The molecule has 0 aromatic heterocycles. The van der Waals surface area contributed by atoms with Crippen LogP contribution in [0.25, 0.3) is 0 Å². The lowest BCUT2D eigenvalue weighted by Gasteiger charge is -2.33. The molecule has 0 saturated carbocycles. The topological polar surface area (TPSA) is 60.9 Å². The first-order valence-corrected chi connectivity index (χ1v) is 8.32. The summed E-state index contributed by atoms with van der Waals surface area (Å²) in [6.07, 6.45) is 1.05. The molecular weight excluding hydrogens is 330 g/mol. The number of benzene rings is 1. The number of rotatable bonds is 5. The first-order chi connectivity index (χ1) is 11.4. The van der Waals surface area contributed by atoms with Gasteiger partial charge in [-0.15, -0.1) is 0 Å². The Morgan fingerprint density at radius 2 is 1.92 bits per heavy atom. The normalized spacial score (nSPS) is 14.5. The molecule has 1 saturated heterocycles. The second-order valence-electron chi connectivity index (χ2n) is 5.83. The molecule has 1 fully saturated rings. The molecule has 0 bridgehead atoms. The van der Waals surface area contributed by atoms with E-state index in [1.807, 2.05) is 13.0 Å². The number of hydrogen-bond acceptors (Lipinski definition) is 3. The summed E-state index contributed by atoms with van der Waals surface area (Å²) in [7, 11) is 0. The van der Waals surface area contributed by atoms with Crippen molar-refractivity contribution in [3.05, 3.63) is 28.8 Å². The number of carbonyl (C=O) groups excluding carboxylic acids is 3. The smallest absolute Gasteiger partial charge is 0.224 e. The van der Waals surface area contributed by atoms with Crippen LogP contribution in [-0.2, 0) is 14.4 Å². The van der Waals surface area contributed by atoms with E-state index in [0.29, 0.717) is 37.7 Å². The molecular formula is C17H22ClN3O3. The maximum Gasteiger partial charge on any atom is 0.224 e. The highest BCUT2D eigenvalue weighted by Crippen LogP contribution is 2.26. The van der Waals surface area contributed by atoms with Crippen LogP contribution in [0.2, 0.25) is 5.02 Å². The minimum absolute atomic E-state index is 0.00789. The largest absolute Gasteiger partial charge is 0.342 e. The molecule has 130 valence electrons. The van der Waals surface area contributed by atoms with E-state index < -0.39 is 0 Å². The van der Waals surface area contributed by atoms with Crippen molar-refractivity contribution in [2.24, 2.45) is 0 Å². The molecule has 1 aromatic carbocycles. The summed E-state index contributed by atoms with van der Waals surface area (Å²) < 4.78 is 0.